The molecule has 1 aliphatic rings. The van der Waals surface area contributed by atoms with E-state index in [0.717, 1.165) is 12.0 Å². The van der Waals surface area contributed by atoms with Crippen LogP contribution in [0.3, 0.4) is 0 Å². The standard InChI is InChI=1S/C19H28O6/c1-11(2)8-13-4-6-14(7-5-13)12(3)19(23)25-10-16(21)18-17(22)15(20)9-24-18/h4-7,11-12,15-18,20-22H,8-10H2,1-3H3. The summed E-state index contributed by atoms with van der Waals surface area (Å²) in [4.78, 5) is 12.2. The summed E-state index contributed by atoms with van der Waals surface area (Å²) in [7, 11) is 0. The number of aliphatic hydroxyl groups excluding tert-OH is 3. The molecule has 1 heterocycles. The van der Waals surface area contributed by atoms with Gasteiger partial charge in [0.2, 0.25) is 0 Å². The van der Waals surface area contributed by atoms with Crippen LogP contribution >= 0.6 is 0 Å². The van der Waals surface area contributed by atoms with E-state index in [9.17, 15) is 20.1 Å². The Morgan fingerprint density at radius 3 is 2.40 bits per heavy atom. The fraction of sp³-hybridized carbons (Fsp3) is 0.632. The number of carbonyl (C=O) groups is 1. The molecule has 3 N–H and O–H groups in total. The third-order valence-corrected chi connectivity index (χ3v) is 4.44. The fourth-order valence-corrected chi connectivity index (χ4v) is 2.90. The smallest absolute Gasteiger partial charge is 0.313 e. The molecule has 5 unspecified atom stereocenters. The van der Waals surface area contributed by atoms with Gasteiger partial charge in [0.25, 0.3) is 0 Å². The molecule has 140 valence electrons. The zero-order valence-electron chi connectivity index (χ0n) is 15.0. The van der Waals surface area contributed by atoms with Crippen molar-refractivity contribution >= 4 is 5.97 Å². The number of hydrogen-bond acceptors (Lipinski definition) is 6. The van der Waals surface area contributed by atoms with E-state index in [-0.39, 0.29) is 13.2 Å². The Morgan fingerprint density at radius 1 is 1.24 bits per heavy atom. The minimum absolute atomic E-state index is 0.0457. The number of carbonyl (C=O) groups excluding carboxylic acids is 1. The first-order valence-corrected chi connectivity index (χ1v) is 8.70. The molecule has 0 spiro atoms. The topological polar surface area (TPSA) is 96.2 Å². The molecule has 0 aromatic heterocycles. The van der Waals surface area contributed by atoms with Gasteiger partial charge in [-0.2, -0.15) is 0 Å². The lowest BCUT2D eigenvalue weighted by Crippen LogP contribution is -2.41. The lowest BCUT2D eigenvalue weighted by molar-refractivity contribution is -0.152. The van der Waals surface area contributed by atoms with Crippen LogP contribution in [0.4, 0.5) is 0 Å². The van der Waals surface area contributed by atoms with Crippen molar-refractivity contribution in [1.29, 1.82) is 0 Å². The summed E-state index contributed by atoms with van der Waals surface area (Å²) >= 11 is 0. The average Bonchev–Trinajstić information content (AvgIpc) is 2.91. The second-order valence-corrected chi connectivity index (χ2v) is 7.11. The van der Waals surface area contributed by atoms with Gasteiger partial charge in [0, 0.05) is 0 Å². The van der Waals surface area contributed by atoms with E-state index in [1.165, 1.54) is 5.56 Å². The molecule has 6 nitrogen and oxygen atoms in total. The van der Waals surface area contributed by atoms with Crippen LogP contribution in [-0.2, 0) is 20.7 Å². The first kappa shape index (κ1) is 19.8. The molecule has 0 bridgehead atoms. The van der Waals surface area contributed by atoms with E-state index in [1.54, 1.807) is 6.92 Å². The molecule has 1 saturated heterocycles. The van der Waals surface area contributed by atoms with Gasteiger partial charge in [-0.25, -0.2) is 0 Å². The molecule has 0 amide bonds. The molecule has 1 fully saturated rings. The summed E-state index contributed by atoms with van der Waals surface area (Å²) in [6, 6.07) is 7.86. The van der Waals surface area contributed by atoms with Crippen molar-refractivity contribution in [2.45, 2.75) is 57.5 Å². The summed E-state index contributed by atoms with van der Waals surface area (Å²) < 4.78 is 10.3. The van der Waals surface area contributed by atoms with Crippen molar-refractivity contribution < 1.29 is 29.6 Å². The molecule has 25 heavy (non-hydrogen) atoms. The number of hydrogen-bond donors (Lipinski definition) is 3. The van der Waals surface area contributed by atoms with Crippen LogP contribution in [0.5, 0.6) is 0 Å². The van der Waals surface area contributed by atoms with Crippen molar-refractivity contribution in [3.63, 3.8) is 0 Å². The van der Waals surface area contributed by atoms with Crippen molar-refractivity contribution in [2.24, 2.45) is 5.92 Å². The molecule has 0 saturated carbocycles. The molecule has 1 aromatic carbocycles. The maximum atomic E-state index is 12.2. The number of esters is 1. The van der Waals surface area contributed by atoms with E-state index in [4.69, 9.17) is 9.47 Å². The van der Waals surface area contributed by atoms with E-state index in [2.05, 4.69) is 13.8 Å². The highest BCUT2D eigenvalue weighted by atomic mass is 16.6. The highest BCUT2D eigenvalue weighted by Crippen LogP contribution is 2.21. The van der Waals surface area contributed by atoms with Crippen LogP contribution in [0, 0.1) is 5.92 Å². The fourth-order valence-electron chi connectivity index (χ4n) is 2.90. The zero-order valence-corrected chi connectivity index (χ0v) is 15.0. The molecule has 2 rings (SSSR count). The van der Waals surface area contributed by atoms with Crippen LogP contribution in [0.1, 0.15) is 37.8 Å². The van der Waals surface area contributed by atoms with Crippen LogP contribution < -0.4 is 0 Å². The van der Waals surface area contributed by atoms with Gasteiger partial charge in [0.1, 0.15) is 31.0 Å². The van der Waals surface area contributed by atoms with Gasteiger partial charge in [-0.05, 0) is 30.4 Å². The number of aliphatic hydroxyl groups is 3. The Balaban J connectivity index is 1.85. The van der Waals surface area contributed by atoms with E-state index in [0.29, 0.717) is 5.92 Å². The van der Waals surface area contributed by atoms with Gasteiger partial charge in [-0.15, -0.1) is 0 Å². The van der Waals surface area contributed by atoms with Gasteiger partial charge in [0.15, 0.2) is 0 Å². The number of benzene rings is 1. The minimum atomic E-state index is -1.18. The molecular weight excluding hydrogens is 324 g/mol. The normalized spacial score (nSPS) is 25.8. The predicted molar refractivity (Wildman–Crippen MR) is 92.1 cm³/mol. The Morgan fingerprint density at radius 2 is 1.88 bits per heavy atom. The summed E-state index contributed by atoms with van der Waals surface area (Å²) in [5, 5.41) is 29.1. The third-order valence-electron chi connectivity index (χ3n) is 4.44. The second kappa shape index (κ2) is 8.76. The van der Waals surface area contributed by atoms with E-state index >= 15 is 0 Å². The van der Waals surface area contributed by atoms with Gasteiger partial charge < -0.3 is 24.8 Å². The SMILES string of the molecule is CC(C)Cc1ccc(C(C)C(=O)OCC(O)C2OCC(O)C2O)cc1. The molecule has 6 heteroatoms. The summed E-state index contributed by atoms with van der Waals surface area (Å²) in [6.45, 7) is 5.72. The van der Waals surface area contributed by atoms with Gasteiger partial charge >= 0.3 is 5.97 Å². The lowest BCUT2D eigenvalue weighted by Gasteiger charge is -2.21. The van der Waals surface area contributed by atoms with Crippen LogP contribution in [0.15, 0.2) is 24.3 Å². The molecule has 5 atom stereocenters. The molecular formula is C19H28O6. The van der Waals surface area contributed by atoms with Gasteiger partial charge in [-0.3, -0.25) is 4.79 Å². The monoisotopic (exact) mass is 352 g/mol. The zero-order chi connectivity index (χ0) is 18.6. The Bertz CT molecular complexity index is 556. The second-order valence-electron chi connectivity index (χ2n) is 7.11. The summed E-state index contributed by atoms with van der Waals surface area (Å²) in [5.74, 6) is -0.342. The van der Waals surface area contributed by atoms with Crippen molar-refractivity contribution in [1.82, 2.24) is 0 Å². The number of rotatable bonds is 7. The van der Waals surface area contributed by atoms with E-state index < -0.39 is 36.3 Å². The predicted octanol–water partition coefficient (Wildman–Crippen LogP) is 1.01. The van der Waals surface area contributed by atoms with E-state index in [1.807, 2.05) is 24.3 Å². The summed E-state index contributed by atoms with van der Waals surface area (Å²) in [5.41, 5.74) is 2.07. The minimum Gasteiger partial charge on any atom is -0.462 e. The quantitative estimate of drug-likeness (QED) is 0.634. The first-order chi connectivity index (χ1) is 11.8. The van der Waals surface area contributed by atoms with Crippen molar-refractivity contribution in [3.05, 3.63) is 35.4 Å². The molecule has 1 aliphatic heterocycles. The first-order valence-electron chi connectivity index (χ1n) is 8.70. The van der Waals surface area contributed by atoms with Crippen LogP contribution in [0.2, 0.25) is 0 Å². The maximum absolute atomic E-state index is 12.2. The van der Waals surface area contributed by atoms with Crippen molar-refractivity contribution in [2.75, 3.05) is 13.2 Å². The molecule has 0 radical (unpaired) electrons. The lowest BCUT2D eigenvalue weighted by atomic mass is 9.97. The highest BCUT2D eigenvalue weighted by Gasteiger charge is 2.39. The Labute approximate surface area is 148 Å². The Hall–Kier alpha value is -1.47. The highest BCUT2D eigenvalue weighted by molar-refractivity contribution is 5.77. The molecule has 1 aromatic rings. The molecule has 0 aliphatic carbocycles. The average molecular weight is 352 g/mol. The maximum Gasteiger partial charge on any atom is 0.313 e. The van der Waals surface area contributed by atoms with Crippen molar-refractivity contribution in [3.8, 4) is 0 Å². The number of ether oxygens (including phenoxy) is 2. The largest absolute Gasteiger partial charge is 0.462 e. The third kappa shape index (κ3) is 5.25. The van der Waals surface area contributed by atoms with Gasteiger partial charge in [0.05, 0.1) is 12.5 Å². The van der Waals surface area contributed by atoms with Gasteiger partial charge in [-0.1, -0.05) is 38.1 Å². The van der Waals surface area contributed by atoms with Crippen LogP contribution in [0.25, 0.3) is 0 Å². The van der Waals surface area contributed by atoms with Crippen LogP contribution in [-0.4, -0.2) is 58.9 Å². The summed E-state index contributed by atoms with van der Waals surface area (Å²) in [6.07, 6.45) is -3.36. The Kier molecular flexibility index (Phi) is 6.95.